The molecule has 1 aromatic carbocycles. The molecule has 27 heavy (non-hydrogen) atoms. The summed E-state index contributed by atoms with van der Waals surface area (Å²) in [6, 6.07) is 6.75. The SMILES string of the molecule is O=C(CCn1c(=O)[nH]c2ccccc2c1=O)NCC1CCC(C(=O)O)CC1. The number of rotatable bonds is 6. The van der Waals surface area contributed by atoms with Crippen LogP contribution in [0.2, 0.25) is 0 Å². The summed E-state index contributed by atoms with van der Waals surface area (Å²) < 4.78 is 1.04. The third-order valence-electron chi connectivity index (χ3n) is 5.24. The Balaban J connectivity index is 1.53. The summed E-state index contributed by atoms with van der Waals surface area (Å²) >= 11 is 0. The molecule has 1 aliphatic carbocycles. The van der Waals surface area contributed by atoms with Crippen LogP contribution in [0, 0.1) is 11.8 Å². The molecule has 1 aromatic heterocycles. The highest BCUT2D eigenvalue weighted by molar-refractivity contribution is 5.77. The van der Waals surface area contributed by atoms with E-state index in [1.54, 1.807) is 24.3 Å². The van der Waals surface area contributed by atoms with Gasteiger partial charge >= 0.3 is 11.7 Å². The van der Waals surface area contributed by atoms with Gasteiger partial charge in [-0.25, -0.2) is 4.79 Å². The lowest BCUT2D eigenvalue weighted by molar-refractivity contribution is -0.143. The van der Waals surface area contributed by atoms with Gasteiger partial charge in [-0.3, -0.25) is 19.0 Å². The molecule has 1 heterocycles. The minimum absolute atomic E-state index is 0.0105. The van der Waals surface area contributed by atoms with Crippen molar-refractivity contribution in [3.05, 3.63) is 45.1 Å². The number of hydrogen-bond acceptors (Lipinski definition) is 4. The van der Waals surface area contributed by atoms with Crippen molar-refractivity contribution in [3.8, 4) is 0 Å². The summed E-state index contributed by atoms with van der Waals surface area (Å²) in [4.78, 5) is 50.2. The van der Waals surface area contributed by atoms with Crippen LogP contribution in [0.5, 0.6) is 0 Å². The normalized spacial score (nSPS) is 19.7. The largest absolute Gasteiger partial charge is 0.481 e. The first-order valence-corrected chi connectivity index (χ1v) is 9.17. The molecule has 0 unspecified atom stereocenters. The average molecular weight is 373 g/mol. The number of carboxylic acids is 1. The lowest BCUT2D eigenvalue weighted by Crippen LogP contribution is -2.37. The van der Waals surface area contributed by atoms with Crippen molar-refractivity contribution in [2.24, 2.45) is 11.8 Å². The molecule has 3 rings (SSSR count). The number of aliphatic carboxylic acids is 1. The van der Waals surface area contributed by atoms with Gasteiger partial charge in [-0.2, -0.15) is 0 Å². The van der Waals surface area contributed by atoms with Crippen molar-refractivity contribution in [1.82, 2.24) is 14.9 Å². The van der Waals surface area contributed by atoms with Crippen molar-refractivity contribution in [2.45, 2.75) is 38.6 Å². The Morgan fingerprint density at radius 2 is 1.85 bits per heavy atom. The van der Waals surface area contributed by atoms with Crippen LogP contribution in [0.1, 0.15) is 32.1 Å². The van der Waals surface area contributed by atoms with Gasteiger partial charge in [0, 0.05) is 19.5 Å². The van der Waals surface area contributed by atoms with Gasteiger partial charge in [0.15, 0.2) is 0 Å². The van der Waals surface area contributed by atoms with E-state index in [9.17, 15) is 19.2 Å². The molecule has 0 bridgehead atoms. The number of aromatic nitrogens is 2. The fourth-order valence-corrected chi connectivity index (χ4v) is 3.58. The Labute approximate surface area is 155 Å². The summed E-state index contributed by atoms with van der Waals surface area (Å²) in [6.07, 6.45) is 2.86. The number of aromatic amines is 1. The smallest absolute Gasteiger partial charge is 0.328 e. The molecule has 8 nitrogen and oxygen atoms in total. The summed E-state index contributed by atoms with van der Waals surface area (Å²) in [7, 11) is 0. The quantitative estimate of drug-likeness (QED) is 0.700. The van der Waals surface area contributed by atoms with E-state index in [2.05, 4.69) is 10.3 Å². The number of carboxylic acid groups (broad SMARTS) is 1. The second kappa shape index (κ2) is 8.20. The summed E-state index contributed by atoms with van der Waals surface area (Å²) in [5, 5.41) is 12.2. The van der Waals surface area contributed by atoms with Crippen molar-refractivity contribution < 1.29 is 14.7 Å². The molecular weight excluding hydrogens is 350 g/mol. The third-order valence-corrected chi connectivity index (χ3v) is 5.24. The number of fused-ring (bicyclic) bond motifs is 1. The third kappa shape index (κ3) is 4.45. The van der Waals surface area contributed by atoms with Crippen LogP contribution in [0.15, 0.2) is 33.9 Å². The van der Waals surface area contributed by atoms with Gasteiger partial charge in [0.1, 0.15) is 0 Å². The Kier molecular flexibility index (Phi) is 5.73. The molecule has 1 amide bonds. The molecule has 144 valence electrons. The van der Waals surface area contributed by atoms with Gasteiger partial charge in [0.2, 0.25) is 5.91 Å². The van der Waals surface area contributed by atoms with Crippen molar-refractivity contribution in [1.29, 1.82) is 0 Å². The van der Waals surface area contributed by atoms with Crippen LogP contribution in [0.4, 0.5) is 0 Å². The van der Waals surface area contributed by atoms with Crippen LogP contribution in [-0.2, 0) is 16.1 Å². The number of amides is 1. The van der Waals surface area contributed by atoms with E-state index < -0.39 is 17.2 Å². The minimum Gasteiger partial charge on any atom is -0.481 e. The predicted molar refractivity (Wildman–Crippen MR) is 99.5 cm³/mol. The van der Waals surface area contributed by atoms with Gasteiger partial charge in [0.25, 0.3) is 5.56 Å². The van der Waals surface area contributed by atoms with Crippen molar-refractivity contribution in [3.63, 3.8) is 0 Å². The second-order valence-electron chi connectivity index (χ2n) is 7.04. The lowest BCUT2D eigenvalue weighted by atomic mass is 9.82. The molecule has 2 aromatic rings. The maximum Gasteiger partial charge on any atom is 0.328 e. The van der Waals surface area contributed by atoms with E-state index in [4.69, 9.17) is 5.11 Å². The lowest BCUT2D eigenvalue weighted by Gasteiger charge is -2.26. The highest BCUT2D eigenvalue weighted by Gasteiger charge is 2.25. The summed E-state index contributed by atoms with van der Waals surface area (Å²) in [6.45, 7) is 0.505. The number of hydrogen-bond donors (Lipinski definition) is 3. The van der Waals surface area contributed by atoms with E-state index in [1.165, 1.54) is 0 Å². The molecular formula is C19H23N3O5. The summed E-state index contributed by atoms with van der Waals surface area (Å²) in [5.41, 5.74) is -0.460. The second-order valence-corrected chi connectivity index (χ2v) is 7.04. The molecule has 0 aliphatic heterocycles. The highest BCUT2D eigenvalue weighted by Crippen LogP contribution is 2.28. The van der Waals surface area contributed by atoms with E-state index in [-0.39, 0.29) is 30.7 Å². The standard InChI is InChI=1S/C19H23N3O5/c23-16(20-11-12-5-7-13(8-6-12)18(25)26)9-10-22-17(24)14-3-1-2-4-15(14)21-19(22)27/h1-4,12-13H,5-11H2,(H,20,23)(H,21,27)(H,25,26). The van der Waals surface area contributed by atoms with Crippen molar-refractivity contribution >= 4 is 22.8 Å². The molecule has 0 spiro atoms. The first-order chi connectivity index (χ1) is 13.0. The van der Waals surface area contributed by atoms with E-state index >= 15 is 0 Å². The van der Waals surface area contributed by atoms with Gasteiger partial charge < -0.3 is 15.4 Å². The zero-order valence-electron chi connectivity index (χ0n) is 14.9. The first kappa shape index (κ1) is 18.9. The van der Waals surface area contributed by atoms with E-state index in [0.29, 0.717) is 30.3 Å². The Morgan fingerprint density at radius 3 is 2.56 bits per heavy atom. The molecule has 0 atom stereocenters. The maximum atomic E-state index is 12.4. The zero-order chi connectivity index (χ0) is 19.4. The Morgan fingerprint density at radius 1 is 1.15 bits per heavy atom. The number of carbonyl (C=O) groups is 2. The van der Waals surface area contributed by atoms with Crippen LogP contribution in [0.3, 0.4) is 0 Å². The topological polar surface area (TPSA) is 121 Å². The van der Waals surface area contributed by atoms with Crippen LogP contribution in [0.25, 0.3) is 10.9 Å². The molecule has 8 heteroatoms. The van der Waals surface area contributed by atoms with Crippen molar-refractivity contribution in [2.75, 3.05) is 6.54 Å². The molecule has 1 fully saturated rings. The van der Waals surface area contributed by atoms with Crippen LogP contribution >= 0.6 is 0 Å². The minimum atomic E-state index is -0.747. The number of para-hydroxylation sites is 1. The molecule has 1 aliphatic rings. The zero-order valence-corrected chi connectivity index (χ0v) is 14.9. The fraction of sp³-hybridized carbons (Fsp3) is 0.474. The van der Waals surface area contributed by atoms with Crippen LogP contribution < -0.4 is 16.6 Å². The number of carbonyl (C=O) groups excluding carboxylic acids is 1. The first-order valence-electron chi connectivity index (χ1n) is 9.17. The maximum absolute atomic E-state index is 12.4. The fourth-order valence-electron chi connectivity index (χ4n) is 3.58. The number of nitrogens with one attached hydrogen (secondary N) is 2. The monoisotopic (exact) mass is 373 g/mol. The van der Waals surface area contributed by atoms with Gasteiger partial charge in [-0.05, 0) is 43.7 Å². The molecule has 1 saturated carbocycles. The molecule has 3 N–H and O–H groups in total. The predicted octanol–water partition coefficient (Wildman–Crippen LogP) is 1.09. The molecule has 0 saturated heterocycles. The number of H-pyrrole nitrogens is 1. The number of benzene rings is 1. The highest BCUT2D eigenvalue weighted by atomic mass is 16.4. The van der Waals surface area contributed by atoms with Gasteiger partial charge in [-0.15, -0.1) is 0 Å². The molecule has 0 radical (unpaired) electrons. The van der Waals surface area contributed by atoms with Gasteiger partial charge in [-0.1, -0.05) is 12.1 Å². The number of nitrogens with zero attached hydrogens (tertiary/aromatic N) is 1. The average Bonchev–Trinajstić information content (AvgIpc) is 2.66. The Bertz CT molecular complexity index is 954. The summed E-state index contributed by atoms with van der Waals surface area (Å²) in [5.74, 6) is -0.974. The van der Waals surface area contributed by atoms with Crippen LogP contribution in [-0.4, -0.2) is 33.1 Å². The van der Waals surface area contributed by atoms with E-state index in [1.807, 2.05) is 0 Å². The van der Waals surface area contributed by atoms with E-state index in [0.717, 1.165) is 17.4 Å². The van der Waals surface area contributed by atoms with Gasteiger partial charge in [0.05, 0.1) is 16.8 Å². The Hall–Kier alpha value is -2.90.